The number of primary amides is 1. The molecule has 1 aliphatic carbocycles. The highest BCUT2D eigenvalue weighted by Crippen LogP contribution is 2.21. The SMILES string of the molecule is CCCC(C)(NC1CCCCCC1)C(N)=O. The predicted molar refractivity (Wildman–Crippen MR) is 67.1 cm³/mol. The highest BCUT2D eigenvalue weighted by molar-refractivity contribution is 5.84. The van der Waals surface area contributed by atoms with E-state index in [-0.39, 0.29) is 5.91 Å². The molecule has 1 unspecified atom stereocenters. The number of hydrogen-bond acceptors (Lipinski definition) is 2. The molecule has 3 N–H and O–H groups in total. The fourth-order valence-electron chi connectivity index (χ4n) is 2.64. The van der Waals surface area contributed by atoms with E-state index in [1.807, 2.05) is 6.92 Å². The molecule has 1 fully saturated rings. The zero-order chi connectivity index (χ0) is 12.0. The van der Waals surface area contributed by atoms with Crippen molar-refractivity contribution in [1.82, 2.24) is 5.32 Å². The number of amides is 1. The molecule has 1 saturated carbocycles. The first-order valence-electron chi connectivity index (χ1n) is 6.66. The summed E-state index contributed by atoms with van der Waals surface area (Å²) in [4.78, 5) is 11.5. The van der Waals surface area contributed by atoms with E-state index < -0.39 is 5.54 Å². The van der Waals surface area contributed by atoms with Gasteiger partial charge < -0.3 is 11.1 Å². The summed E-state index contributed by atoms with van der Waals surface area (Å²) >= 11 is 0. The van der Waals surface area contributed by atoms with E-state index in [0.717, 1.165) is 12.8 Å². The zero-order valence-electron chi connectivity index (χ0n) is 10.7. The lowest BCUT2D eigenvalue weighted by Gasteiger charge is -2.32. The molecule has 0 spiro atoms. The summed E-state index contributed by atoms with van der Waals surface area (Å²) in [5.41, 5.74) is 5.00. The summed E-state index contributed by atoms with van der Waals surface area (Å²) < 4.78 is 0. The molecule has 94 valence electrons. The lowest BCUT2D eigenvalue weighted by Crippen LogP contribution is -2.56. The average Bonchev–Trinajstić information content (AvgIpc) is 2.46. The van der Waals surface area contributed by atoms with Gasteiger partial charge in [-0.1, -0.05) is 39.0 Å². The van der Waals surface area contributed by atoms with E-state index in [2.05, 4.69) is 12.2 Å². The lowest BCUT2D eigenvalue weighted by atomic mass is 9.92. The van der Waals surface area contributed by atoms with Gasteiger partial charge in [0, 0.05) is 6.04 Å². The third-order valence-corrected chi connectivity index (χ3v) is 3.67. The van der Waals surface area contributed by atoms with Crippen LogP contribution in [0.1, 0.15) is 65.2 Å². The van der Waals surface area contributed by atoms with Crippen molar-refractivity contribution in [3.05, 3.63) is 0 Å². The summed E-state index contributed by atoms with van der Waals surface area (Å²) in [5.74, 6) is -0.210. The second-order valence-corrected chi connectivity index (χ2v) is 5.28. The smallest absolute Gasteiger partial charge is 0.237 e. The second-order valence-electron chi connectivity index (χ2n) is 5.28. The van der Waals surface area contributed by atoms with Gasteiger partial charge >= 0.3 is 0 Å². The molecule has 0 aromatic carbocycles. The van der Waals surface area contributed by atoms with Crippen molar-refractivity contribution in [2.24, 2.45) is 5.73 Å². The van der Waals surface area contributed by atoms with Crippen LogP contribution in [-0.2, 0) is 4.79 Å². The summed E-state index contributed by atoms with van der Waals surface area (Å²) in [7, 11) is 0. The van der Waals surface area contributed by atoms with Crippen LogP contribution in [0.5, 0.6) is 0 Å². The van der Waals surface area contributed by atoms with Crippen molar-refractivity contribution >= 4 is 5.91 Å². The lowest BCUT2D eigenvalue weighted by molar-refractivity contribution is -0.124. The molecule has 1 atom stereocenters. The number of carbonyl (C=O) groups excluding carboxylic acids is 1. The number of nitrogens with two attached hydrogens (primary N) is 1. The van der Waals surface area contributed by atoms with Crippen LogP contribution < -0.4 is 11.1 Å². The number of hydrogen-bond donors (Lipinski definition) is 2. The van der Waals surface area contributed by atoms with Gasteiger partial charge in [0.2, 0.25) is 5.91 Å². The normalized spacial score (nSPS) is 22.4. The van der Waals surface area contributed by atoms with Crippen LogP contribution in [0.4, 0.5) is 0 Å². The third kappa shape index (κ3) is 3.78. The highest BCUT2D eigenvalue weighted by atomic mass is 16.1. The van der Waals surface area contributed by atoms with Gasteiger partial charge in [-0.3, -0.25) is 4.79 Å². The van der Waals surface area contributed by atoms with Gasteiger partial charge in [-0.15, -0.1) is 0 Å². The van der Waals surface area contributed by atoms with Gasteiger partial charge in [0.15, 0.2) is 0 Å². The van der Waals surface area contributed by atoms with Gasteiger partial charge in [-0.25, -0.2) is 0 Å². The largest absolute Gasteiger partial charge is 0.368 e. The molecule has 0 saturated heterocycles. The fraction of sp³-hybridized carbons (Fsp3) is 0.923. The Morgan fingerprint density at radius 1 is 1.31 bits per heavy atom. The van der Waals surface area contributed by atoms with Gasteiger partial charge in [0.25, 0.3) is 0 Å². The predicted octanol–water partition coefficient (Wildman–Crippen LogP) is 2.34. The van der Waals surface area contributed by atoms with Gasteiger partial charge in [0.1, 0.15) is 0 Å². The molecule has 0 aromatic heterocycles. The Labute approximate surface area is 99.2 Å². The van der Waals surface area contributed by atoms with Gasteiger partial charge in [0.05, 0.1) is 5.54 Å². The zero-order valence-corrected chi connectivity index (χ0v) is 10.7. The third-order valence-electron chi connectivity index (χ3n) is 3.67. The topological polar surface area (TPSA) is 55.1 Å². The minimum absolute atomic E-state index is 0.210. The number of carbonyl (C=O) groups is 1. The molecule has 3 nitrogen and oxygen atoms in total. The fourth-order valence-corrected chi connectivity index (χ4v) is 2.64. The Balaban J connectivity index is 2.55. The maximum atomic E-state index is 11.5. The van der Waals surface area contributed by atoms with Crippen molar-refractivity contribution < 1.29 is 4.79 Å². The summed E-state index contributed by atoms with van der Waals surface area (Å²) in [5, 5.41) is 3.50. The van der Waals surface area contributed by atoms with Crippen molar-refractivity contribution in [2.75, 3.05) is 0 Å². The van der Waals surface area contributed by atoms with Crippen molar-refractivity contribution in [3.63, 3.8) is 0 Å². The molecule has 0 radical (unpaired) electrons. The Morgan fingerprint density at radius 2 is 1.88 bits per heavy atom. The summed E-state index contributed by atoms with van der Waals surface area (Å²) in [6.07, 6.45) is 9.41. The molecular weight excluding hydrogens is 200 g/mol. The molecule has 1 amide bonds. The first kappa shape index (κ1) is 13.5. The van der Waals surface area contributed by atoms with E-state index in [9.17, 15) is 4.79 Å². The average molecular weight is 226 g/mol. The molecular formula is C13H26N2O. The first-order chi connectivity index (χ1) is 7.58. The standard InChI is InChI=1S/C13H26N2O/c1-3-10-13(2,12(14)16)15-11-8-6-4-5-7-9-11/h11,15H,3-10H2,1-2H3,(H2,14,16). The Morgan fingerprint density at radius 3 is 2.31 bits per heavy atom. The Hall–Kier alpha value is -0.570. The summed E-state index contributed by atoms with van der Waals surface area (Å²) in [6.45, 7) is 4.04. The van der Waals surface area contributed by atoms with Crippen LogP contribution >= 0.6 is 0 Å². The van der Waals surface area contributed by atoms with Crippen molar-refractivity contribution in [2.45, 2.75) is 76.8 Å². The molecule has 0 aliphatic heterocycles. The maximum Gasteiger partial charge on any atom is 0.237 e. The van der Waals surface area contributed by atoms with Crippen LogP contribution in [0, 0.1) is 0 Å². The highest BCUT2D eigenvalue weighted by Gasteiger charge is 2.32. The second kappa shape index (κ2) is 6.24. The quantitative estimate of drug-likeness (QED) is 0.707. The van der Waals surface area contributed by atoms with E-state index >= 15 is 0 Å². The van der Waals surface area contributed by atoms with Crippen LogP contribution in [-0.4, -0.2) is 17.5 Å². The van der Waals surface area contributed by atoms with E-state index in [1.54, 1.807) is 0 Å². The van der Waals surface area contributed by atoms with Crippen LogP contribution in [0.25, 0.3) is 0 Å². The molecule has 3 heteroatoms. The first-order valence-corrected chi connectivity index (χ1v) is 6.66. The Kier molecular flexibility index (Phi) is 5.26. The number of nitrogens with one attached hydrogen (secondary N) is 1. The maximum absolute atomic E-state index is 11.5. The number of rotatable bonds is 5. The van der Waals surface area contributed by atoms with E-state index in [1.165, 1.54) is 38.5 Å². The van der Waals surface area contributed by atoms with Crippen LogP contribution in [0.15, 0.2) is 0 Å². The molecule has 0 aromatic rings. The molecule has 0 bridgehead atoms. The van der Waals surface area contributed by atoms with Gasteiger partial charge in [-0.2, -0.15) is 0 Å². The summed E-state index contributed by atoms with van der Waals surface area (Å²) in [6, 6.07) is 0.478. The van der Waals surface area contributed by atoms with Crippen molar-refractivity contribution in [1.29, 1.82) is 0 Å². The Bertz CT molecular complexity index is 222. The molecule has 1 aliphatic rings. The van der Waals surface area contributed by atoms with Gasteiger partial charge in [-0.05, 0) is 26.2 Å². The minimum Gasteiger partial charge on any atom is -0.368 e. The van der Waals surface area contributed by atoms with Crippen LogP contribution in [0.2, 0.25) is 0 Å². The minimum atomic E-state index is -0.510. The monoisotopic (exact) mass is 226 g/mol. The van der Waals surface area contributed by atoms with Crippen molar-refractivity contribution in [3.8, 4) is 0 Å². The molecule has 1 rings (SSSR count). The van der Waals surface area contributed by atoms with Crippen LogP contribution in [0.3, 0.4) is 0 Å². The molecule has 16 heavy (non-hydrogen) atoms. The van der Waals surface area contributed by atoms with E-state index in [4.69, 9.17) is 5.73 Å². The molecule has 0 heterocycles. The van der Waals surface area contributed by atoms with E-state index in [0.29, 0.717) is 6.04 Å².